The minimum Gasteiger partial charge on any atom is -0.356 e. The highest BCUT2D eigenvalue weighted by molar-refractivity contribution is 5.93. The third-order valence-electron chi connectivity index (χ3n) is 3.54. The maximum Gasteiger partial charge on any atom is 0.231 e. The second-order valence-electron chi connectivity index (χ2n) is 5.65. The van der Waals surface area contributed by atoms with Crippen molar-refractivity contribution >= 4 is 22.7 Å². The van der Waals surface area contributed by atoms with Crippen molar-refractivity contribution in [3.05, 3.63) is 36.5 Å². The van der Waals surface area contributed by atoms with Gasteiger partial charge in [-0.2, -0.15) is 0 Å². The van der Waals surface area contributed by atoms with Gasteiger partial charge in [-0.1, -0.05) is 18.2 Å². The molecule has 2 rings (SSSR count). The maximum absolute atomic E-state index is 12.2. The minimum atomic E-state index is -0.0661. The zero-order chi connectivity index (χ0) is 15.9. The number of carbonyl (C=O) groups excluding carboxylic acids is 2. The van der Waals surface area contributed by atoms with E-state index in [4.69, 9.17) is 0 Å². The summed E-state index contributed by atoms with van der Waals surface area (Å²) in [6, 6.07) is 9.64. The van der Waals surface area contributed by atoms with E-state index in [0.717, 1.165) is 23.9 Å². The summed E-state index contributed by atoms with van der Waals surface area (Å²) < 4.78 is 1.62. The summed E-state index contributed by atoms with van der Waals surface area (Å²) in [5.41, 5.74) is 0.888. The summed E-state index contributed by atoms with van der Waals surface area (Å²) in [5.74, 6) is -0.117. The van der Waals surface area contributed by atoms with Crippen molar-refractivity contribution in [1.82, 2.24) is 14.8 Å². The number of hydrogen-bond donors (Lipinski definition) is 1. The first-order valence-electron chi connectivity index (χ1n) is 7.58. The van der Waals surface area contributed by atoms with E-state index in [1.165, 1.54) is 0 Å². The zero-order valence-electron chi connectivity index (χ0n) is 13.2. The van der Waals surface area contributed by atoms with Gasteiger partial charge in [0.25, 0.3) is 0 Å². The molecule has 118 valence electrons. The van der Waals surface area contributed by atoms with Crippen molar-refractivity contribution in [2.24, 2.45) is 0 Å². The lowest BCUT2D eigenvalue weighted by atomic mass is 10.2. The molecule has 1 N–H and O–H groups in total. The number of nitrogens with zero attached hydrogens (tertiary/aromatic N) is 2. The van der Waals surface area contributed by atoms with Gasteiger partial charge >= 0.3 is 0 Å². The number of benzene rings is 1. The minimum absolute atomic E-state index is 0.0513. The van der Waals surface area contributed by atoms with E-state index in [-0.39, 0.29) is 24.7 Å². The van der Waals surface area contributed by atoms with Gasteiger partial charge in [-0.05, 0) is 39.2 Å². The number of rotatable bonds is 7. The first-order chi connectivity index (χ1) is 10.6. The van der Waals surface area contributed by atoms with E-state index < -0.39 is 0 Å². The molecule has 5 nitrogen and oxygen atoms in total. The Morgan fingerprint density at radius 2 is 1.91 bits per heavy atom. The van der Waals surface area contributed by atoms with Gasteiger partial charge < -0.3 is 10.2 Å². The van der Waals surface area contributed by atoms with Crippen LogP contribution in [0, 0.1) is 0 Å². The van der Waals surface area contributed by atoms with E-state index in [9.17, 15) is 9.59 Å². The van der Waals surface area contributed by atoms with Crippen LogP contribution >= 0.6 is 0 Å². The van der Waals surface area contributed by atoms with Crippen LogP contribution in [0.1, 0.15) is 24.1 Å². The molecule has 0 spiro atoms. The van der Waals surface area contributed by atoms with Gasteiger partial charge in [-0.25, -0.2) is 0 Å². The molecule has 1 amide bonds. The van der Waals surface area contributed by atoms with Crippen LogP contribution in [0.3, 0.4) is 0 Å². The predicted molar refractivity (Wildman–Crippen MR) is 88.0 cm³/mol. The molecule has 0 atom stereocenters. The Balaban J connectivity index is 1.79. The lowest BCUT2D eigenvalue weighted by molar-refractivity contribution is -0.121. The molecule has 0 saturated heterocycles. The number of amides is 1. The number of para-hydroxylation sites is 1. The number of aromatic nitrogens is 1. The Morgan fingerprint density at radius 1 is 1.14 bits per heavy atom. The lowest BCUT2D eigenvalue weighted by Gasteiger charge is -2.10. The molecule has 22 heavy (non-hydrogen) atoms. The normalized spacial score (nSPS) is 11.0. The Bertz CT molecular complexity index is 646. The number of fused-ring (bicyclic) bond motifs is 1. The van der Waals surface area contributed by atoms with E-state index in [1.807, 2.05) is 44.4 Å². The van der Waals surface area contributed by atoms with Crippen molar-refractivity contribution in [2.75, 3.05) is 27.2 Å². The average molecular weight is 301 g/mol. The van der Waals surface area contributed by atoms with E-state index in [1.54, 1.807) is 10.8 Å². The molecule has 5 heteroatoms. The van der Waals surface area contributed by atoms with Crippen LogP contribution in [0.15, 0.2) is 36.5 Å². The molecule has 0 bridgehead atoms. The summed E-state index contributed by atoms with van der Waals surface area (Å²) in [4.78, 5) is 26.0. The van der Waals surface area contributed by atoms with Crippen LogP contribution in [0.4, 0.5) is 0 Å². The van der Waals surface area contributed by atoms with Crippen LogP contribution in [0.5, 0.6) is 0 Å². The Hall–Kier alpha value is -2.14. The molecule has 1 aromatic heterocycles. The molecule has 2 aromatic rings. The third kappa shape index (κ3) is 4.43. The molecule has 0 saturated carbocycles. The summed E-state index contributed by atoms with van der Waals surface area (Å²) in [6.45, 7) is 1.59. The maximum atomic E-state index is 12.2. The molecule has 1 heterocycles. The molecule has 0 aliphatic rings. The predicted octanol–water partition coefficient (Wildman–Crippen LogP) is 2.13. The molecular formula is C17H23N3O2. The largest absolute Gasteiger partial charge is 0.356 e. The fourth-order valence-electron chi connectivity index (χ4n) is 2.35. The Kier molecular flexibility index (Phi) is 5.72. The lowest BCUT2D eigenvalue weighted by Crippen LogP contribution is -2.27. The van der Waals surface area contributed by atoms with Gasteiger partial charge in [0.1, 0.15) is 0 Å². The number of carbonyl (C=O) groups is 2. The average Bonchev–Trinajstić information content (AvgIpc) is 2.93. The van der Waals surface area contributed by atoms with Crippen LogP contribution < -0.4 is 5.32 Å². The number of nitrogens with one attached hydrogen (secondary N) is 1. The first-order valence-corrected chi connectivity index (χ1v) is 7.58. The monoisotopic (exact) mass is 301 g/mol. The SMILES string of the molecule is CN(C)CCCNC(=O)CCC(=O)n1ccc2ccccc21. The summed E-state index contributed by atoms with van der Waals surface area (Å²) in [6.07, 6.45) is 3.13. The van der Waals surface area contributed by atoms with Gasteiger partial charge in [0.2, 0.25) is 11.8 Å². The smallest absolute Gasteiger partial charge is 0.231 e. The Morgan fingerprint density at radius 3 is 2.68 bits per heavy atom. The fourth-order valence-corrected chi connectivity index (χ4v) is 2.35. The molecule has 0 aliphatic carbocycles. The van der Waals surface area contributed by atoms with Gasteiger partial charge in [0, 0.05) is 31.0 Å². The zero-order valence-corrected chi connectivity index (χ0v) is 13.2. The first kappa shape index (κ1) is 16.2. The summed E-state index contributed by atoms with van der Waals surface area (Å²) >= 11 is 0. The van der Waals surface area contributed by atoms with Crippen molar-refractivity contribution in [3.8, 4) is 0 Å². The molecule has 0 fully saturated rings. The van der Waals surface area contributed by atoms with E-state index >= 15 is 0 Å². The molecular weight excluding hydrogens is 278 g/mol. The molecule has 0 aliphatic heterocycles. The third-order valence-corrected chi connectivity index (χ3v) is 3.54. The molecule has 0 radical (unpaired) electrons. The second kappa shape index (κ2) is 7.75. The van der Waals surface area contributed by atoms with Crippen molar-refractivity contribution < 1.29 is 9.59 Å². The summed E-state index contributed by atoms with van der Waals surface area (Å²) in [5, 5.41) is 3.88. The van der Waals surface area contributed by atoms with Crippen molar-refractivity contribution in [3.63, 3.8) is 0 Å². The van der Waals surface area contributed by atoms with Crippen LogP contribution in [0.25, 0.3) is 10.9 Å². The Labute approximate surface area is 130 Å². The standard InChI is InChI=1S/C17H23N3O2/c1-19(2)12-5-11-18-16(21)8-9-17(22)20-13-10-14-6-3-4-7-15(14)20/h3-4,6-7,10,13H,5,8-9,11-12H2,1-2H3,(H,18,21). The highest BCUT2D eigenvalue weighted by Crippen LogP contribution is 2.15. The highest BCUT2D eigenvalue weighted by Gasteiger charge is 2.10. The highest BCUT2D eigenvalue weighted by atomic mass is 16.2. The number of hydrogen-bond acceptors (Lipinski definition) is 3. The van der Waals surface area contributed by atoms with E-state index in [0.29, 0.717) is 6.54 Å². The van der Waals surface area contributed by atoms with E-state index in [2.05, 4.69) is 10.2 Å². The van der Waals surface area contributed by atoms with Gasteiger partial charge in [0.05, 0.1) is 5.52 Å². The van der Waals surface area contributed by atoms with Crippen LogP contribution in [-0.2, 0) is 4.79 Å². The van der Waals surface area contributed by atoms with Gasteiger partial charge in [-0.3, -0.25) is 14.2 Å². The van der Waals surface area contributed by atoms with Crippen LogP contribution in [-0.4, -0.2) is 48.5 Å². The van der Waals surface area contributed by atoms with Crippen LogP contribution in [0.2, 0.25) is 0 Å². The topological polar surface area (TPSA) is 54.3 Å². The van der Waals surface area contributed by atoms with Gasteiger partial charge in [-0.15, -0.1) is 0 Å². The summed E-state index contributed by atoms with van der Waals surface area (Å²) in [7, 11) is 4.00. The fraction of sp³-hybridized carbons (Fsp3) is 0.412. The molecule has 1 aromatic carbocycles. The second-order valence-corrected chi connectivity index (χ2v) is 5.65. The van der Waals surface area contributed by atoms with Crippen molar-refractivity contribution in [1.29, 1.82) is 0 Å². The van der Waals surface area contributed by atoms with Gasteiger partial charge in [0.15, 0.2) is 0 Å². The molecule has 0 unspecified atom stereocenters. The quantitative estimate of drug-likeness (QED) is 0.797. The van der Waals surface area contributed by atoms with Crippen molar-refractivity contribution in [2.45, 2.75) is 19.3 Å².